The summed E-state index contributed by atoms with van der Waals surface area (Å²) in [5.41, 5.74) is -0.0703. The number of aromatic nitrogens is 2. The summed E-state index contributed by atoms with van der Waals surface area (Å²) < 4.78 is 24.7. The lowest BCUT2D eigenvalue weighted by Crippen LogP contribution is -2.57. The standard InChI is InChI=1S/C16H27N5O3S/c1-13-4-5-15(19-18-13)20-9-14(10-20)8-17-11-16(22)6-3-7-21(12-16)25(2,23)24/h4-5,14,17,22H,3,6-12H2,1-2H3. The van der Waals surface area contributed by atoms with Crippen molar-refractivity contribution in [2.75, 3.05) is 50.4 Å². The first-order valence-electron chi connectivity index (χ1n) is 8.69. The molecule has 1 aromatic rings. The fourth-order valence-corrected chi connectivity index (χ4v) is 4.39. The molecule has 2 N–H and O–H groups in total. The van der Waals surface area contributed by atoms with Crippen molar-refractivity contribution in [1.29, 1.82) is 0 Å². The minimum Gasteiger partial charge on any atom is -0.387 e. The molecule has 1 atom stereocenters. The highest BCUT2D eigenvalue weighted by Crippen LogP contribution is 2.24. The van der Waals surface area contributed by atoms with Crippen molar-refractivity contribution in [2.45, 2.75) is 25.4 Å². The molecule has 1 unspecified atom stereocenters. The summed E-state index contributed by atoms with van der Waals surface area (Å²) in [4.78, 5) is 2.18. The molecule has 0 saturated carbocycles. The van der Waals surface area contributed by atoms with E-state index in [0.29, 0.717) is 31.8 Å². The van der Waals surface area contributed by atoms with Crippen molar-refractivity contribution >= 4 is 15.8 Å². The van der Waals surface area contributed by atoms with Crippen molar-refractivity contribution in [3.63, 3.8) is 0 Å². The molecule has 25 heavy (non-hydrogen) atoms. The van der Waals surface area contributed by atoms with Gasteiger partial charge in [-0.25, -0.2) is 8.42 Å². The van der Waals surface area contributed by atoms with Crippen LogP contribution in [0.5, 0.6) is 0 Å². The number of nitrogens with zero attached hydrogens (tertiary/aromatic N) is 4. The van der Waals surface area contributed by atoms with Crippen LogP contribution in [0.3, 0.4) is 0 Å². The van der Waals surface area contributed by atoms with Crippen LogP contribution in [0.2, 0.25) is 0 Å². The molecular formula is C16H27N5O3S. The molecule has 2 aliphatic rings. The Morgan fingerprint density at radius 1 is 1.36 bits per heavy atom. The zero-order chi connectivity index (χ0) is 18.1. The number of rotatable bonds is 6. The topological polar surface area (TPSA) is 98.7 Å². The van der Waals surface area contributed by atoms with Gasteiger partial charge in [0.15, 0.2) is 5.82 Å². The van der Waals surface area contributed by atoms with Gasteiger partial charge in [0.05, 0.1) is 17.6 Å². The first-order chi connectivity index (χ1) is 11.8. The first-order valence-corrected chi connectivity index (χ1v) is 10.5. The molecule has 0 amide bonds. The van der Waals surface area contributed by atoms with Crippen LogP contribution in [0.15, 0.2) is 12.1 Å². The third kappa shape index (κ3) is 4.66. The van der Waals surface area contributed by atoms with Gasteiger partial charge in [-0.15, -0.1) is 5.10 Å². The highest BCUT2D eigenvalue weighted by Gasteiger charge is 2.37. The van der Waals surface area contributed by atoms with Gasteiger partial charge in [-0.05, 0) is 31.9 Å². The molecule has 0 radical (unpaired) electrons. The van der Waals surface area contributed by atoms with Crippen LogP contribution < -0.4 is 10.2 Å². The summed E-state index contributed by atoms with van der Waals surface area (Å²) in [5, 5.41) is 22.2. The van der Waals surface area contributed by atoms with E-state index in [2.05, 4.69) is 20.4 Å². The van der Waals surface area contributed by atoms with Crippen molar-refractivity contribution in [3.8, 4) is 0 Å². The van der Waals surface area contributed by atoms with Gasteiger partial charge in [-0.3, -0.25) is 0 Å². The van der Waals surface area contributed by atoms with Gasteiger partial charge in [-0.2, -0.15) is 9.40 Å². The Labute approximate surface area is 149 Å². The predicted octanol–water partition coefficient (Wildman–Crippen LogP) is -0.403. The highest BCUT2D eigenvalue weighted by atomic mass is 32.2. The minimum atomic E-state index is -3.25. The molecule has 2 fully saturated rings. The third-order valence-corrected chi connectivity index (χ3v) is 6.19. The molecule has 8 nitrogen and oxygen atoms in total. The summed E-state index contributed by atoms with van der Waals surface area (Å²) in [6, 6.07) is 3.94. The van der Waals surface area contributed by atoms with E-state index in [4.69, 9.17) is 0 Å². The van der Waals surface area contributed by atoms with E-state index in [9.17, 15) is 13.5 Å². The molecule has 140 valence electrons. The average Bonchev–Trinajstić information content (AvgIpc) is 2.50. The number of sulfonamides is 1. The van der Waals surface area contributed by atoms with Crippen molar-refractivity contribution in [1.82, 2.24) is 19.8 Å². The van der Waals surface area contributed by atoms with E-state index in [1.165, 1.54) is 10.6 Å². The summed E-state index contributed by atoms with van der Waals surface area (Å²) in [5.74, 6) is 1.40. The lowest BCUT2D eigenvalue weighted by Gasteiger charge is -2.41. The van der Waals surface area contributed by atoms with Crippen LogP contribution in [-0.4, -0.2) is 79.2 Å². The minimum absolute atomic E-state index is 0.175. The SMILES string of the molecule is Cc1ccc(N2CC(CNCC3(O)CCCN(S(C)(=O)=O)C3)C2)nn1. The number of nitrogens with one attached hydrogen (secondary N) is 1. The molecule has 2 aliphatic heterocycles. The van der Waals surface area contributed by atoms with Crippen molar-refractivity contribution in [2.24, 2.45) is 5.92 Å². The van der Waals surface area contributed by atoms with E-state index in [-0.39, 0.29) is 6.54 Å². The Hall–Kier alpha value is -1.29. The average molecular weight is 369 g/mol. The maximum absolute atomic E-state index is 11.7. The van der Waals surface area contributed by atoms with Gasteiger partial charge >= 0.3 is 0 Å². The molecule has 1 aromatic heterocycles. The maximum Gasteiger partial charge on any atom is 0.211 e. The quantitative estimate of drug-likeness (QED) is 0.704. The van der Waals surface area contributed by atoms with Gasteiger partial charge < -0.3 is 15.3 Å². The summed E-state index contributed by atoms with van der Waals surface area (Å²) in [7, 11) is -3.25. The highest BCUT2D eigenvalue weighted by molar-refractivity contribution is 7.88. The molecule has 2 saturated heterocycles. The van der Waals surface area contributed by atoms with Crippen LogP contribution in [-0.2, 0) is 10.0 Å². The normalized spacial score (nSPS) is 25.8. The second kappa shape index (κ2) is 7.14. The number of β-amino-alcohol motifs (C(OH)–C–C–N with tert-alkyl or cyclic N) is 1. The number of aryl methyl sites for hydroxylation is 1. The van der Waals surface area contributed by atoms with Gasteiger partial charge in [0.2, 0.25) is 10.0 Å². The van der Waals surface area contributed by atoms with Crippen molar-refractivity contribution < 1.29 is 13.5 Å². The van der Waals surface area contributed by atoms with E-state index in [1.54, 1.807) is 0 Å². The third-order valence-electron chi connectivity index (χ3n) is 4.94. The van der Waals surface area contributed by atoms with Crippen LogP contribution in [0.1, 0.15) is 18.5 Å². The molecule has 9 heteroatoms. The Morgan fingerprint density at radius 2 is 2.12 bits per heavy atom. The fourth-order valence-electron chi connectivity index (χ4n) is 3.45. The Kier molecular flexibility index (Phi) is 5.29. The van der Waals surface area contributed by atoms with Gasteiger partial charge in [0, 0.05) is 45.2 Å². The smallest absolute Gasteiger partial charge is 0.211 e. The molecule has 0 aliphatic carbocycles. The second-order valence-corrected chi connectivity index (χ2v) is 9.34. The zero-order valence-corrected chi connectivity index (χ0v) is 15.7. The van der Waals surface area contributed by atoms with Gasteiger partial charge in [-0.1, -0.05) is 0 Å². The van der Waals surface area contributed by atoms with Crippen LogP contribution in [0, 0.1) is 12.8 Å². The lowest BCUT2D eigenvalue weighted by atomic mass is 9.93. The largest absolute Gasteiger partial charge is 0.387 e. The molecule has 0 aromatic carbocycles. The molecule has 0 bridgehead atoms. The number of piperidine rings is 1. The van der Waals surface area contributed by atoms with E-state index in [1.807, 2.05) is 19.1 Å². The number of hydrogen-bond acceptors (Lipinski definition) is 7. The van der Waals surface area contributed by atoms with Crippen molar-refractivity contribution in [3.05, 3.63) is 17.8 Å². The molecule has 3 rings (SSSR count). The number of anilines is 1. The van der Waals surface area contributed by atoms with Gasteiger partial charge in [0.25, 0.3) is 0 Å². The van der Waals surface area contributed by atoms with Crippen LogP contribution in [0.25, 0.3) is 0 Å². The van der Waals surface area contributed by atoms with E-state index >= 15 is 0 Å². The lowest BCUT2D eigenvalue weighted by molar-refractivity contribution is -0.00713. The second-order valence-electron chi connectivity index (χ2n) is 7.36. The Balaban J connectivity index is 1.41. The summed E-state index contributed by atoms with van der Waals surface area (Å²) >= 11 is 0. The Morgan fingerprint density at radius 3 is 2.76 bits per heavy atom. The Bertz CT molecular complexity index is 690. The molecule has 0 spiro atoms. The fraction of sp³-hybridized carbons (Fsp3) is 0.750. The van der Waals surface area contributed by atoms with Crippen LogP contribution >= 0.6 is 0 Å². The van der Waals surface area contributed by atoms with E-state index in [0.717, 1.165) is 31.1 Å². The zero-order valence-electron chi connectivity index (χ0n) is 14.8. The number of hydrogen-bond donors (Lipinski definition) is 2. The monoisotopic (exact) mass is 369 g/mol. The molecular weight excluding hydrogens is 342 g/mol. The van der Waals surface area contributed by atoms with Crippen LogP contribution in [0.4, 0.5) is 5.82 Å². The maximum atomic E-state index is 11.7. The summed E-state index contributed by atoms with van der Waals surface area (Å²) in [6.45, 7) is 5.64. The predicted molar refractivity (Wildman–Crippen MR) is 95.9 cm³/mol. The number of aliphatic hydroxyl groups is 1. The molecule has 3 heterocycles. The van der Waals surface area contributed by atoms with E-state index < -0.39 is 15.6 Å². The summed E-state index contributed by atoms with van der Waals surface area (Å²) in [6.07, 6.45) is 2.51. The first kappa shape index (κ1) is 18.5. The van der Waals surface area contributed by atoms with Gasteiger partial charge in [0.1, 0.15) is 0 Å².